The van der Waals surface area contributed by atoms with Gasteiger partial charge in [0, 0.05) is 25.6 Å². The van der Waals surface area contributed by atoms with Crippen LogP contribution in [0.15, 0.2) is 10.6 Å². The first-order valence-corrected chi connectivity index (χ1v) is 6.65. The van der Waals surface area contributed by atoms with Crippen molar-refractivity contribution in [3.05, 3.63) is 11.8 Å². The van der Waals surface area contributed by atoms with E-state index in [4.69, 9.17) is 10.3 Å². The molecule has 1 heterocycles. The molecule has 3 N–H and O–H groups in total. The van der Waals surface area contributed by atoms with Crippen LogP contribution < -0.4 is 11.1 Å². The van der Waals surface area contributed by atoms with Crippen molar-refractivity contribution in [3.63, 3.8) is 0 Å². The molecule has 0 fully saturated rings. The first kappa shape index (κ1) is 16.2. The lowest BCUT2D eigenvalue weighted by atomic mass is 10.1. The van der Waals surface area contributed by atoms with Gasteiger partial charge >= 0.3 is 0 Å². The fourth-order valence-electron chi connectivity index (χ4n) is 1.76. The lowest BCUT2D eigenvalue weighted by Gasteiger charge is -2.18. The smallest absolute Gasteiger partial charge is 0.245 e. The Morgan fingerprint density at radius 2 is 2.25 bits per heavy atom. The Morgan fingerprint density at radius 3 is 2.80 bits per heavy atom. The molecule has 0 spiro atoms. The third-order valence-electron chi connectivity index (χ3n) is 2.80. The SMILES string of the molecule is CCCC(N)CC(=O)N(C)CC(=O)Nc1cc(C)on1. The zero-order valence-electron chi connectivity index (χ0n) is 12.2. The number of nitrogens with one attached hydrogen (secondary N) is 1. The van der Waals surface area contributed by atoms with Gasteiger partial charge in [0.05, 0.1) is 6.54 Å². The van der Waals surface area contributed by atoms with Crippen molar-refractivity contribution >= 4 is 17.6 Å². The van der Waals surface area contributed by atoms with Crippen LogP contribution >= 0.6 is 0 Å². The average Bonchev–Trinajstić information content (AvgIpc) is 2.74. The van der Waals surface area contributed by atoms with Crippen LogP contribution in [0.3, 0.4) is 0 Å². The molecule has 1 rings (SSSR count). The van der Waals surface area contributed by atoms with Gasteiger partial charge in [-0.25, -0.2) is 0 Å². The summed E-state index contributed by atoms with van der Waals surface area (Å²) in [5.74, 6) is 0.488. The van der Waals surface area contributed by atoms with Crippen molar-refractivity contribution < 1.29 is 14.1 Å². The van der Waals surface area contributed by atoms with E-state index < -0.39 is 0 Å². The molecule has 0 saturated heterocycles. The van der Waals surface area contributed by atoms with Gasteiger partial charge in [0.1, 0.15) is 5.76 Å². The minimum Gasteiger partial charge on any atom is -0.360 e. The molecule has 7 nitrogen and oxygen atoms in total. The van der Waals surface area contributed by atoms with Crippen molar-refractivity contribution in [2.75, 3.05) is 18.9 Å². The molecule has 0 radical (unpaired) electrons. The summed E-state index contributed by atoms with van der Waals surface area (Å²) >= 11 is 0. The second-order valence-corrected chi connectivity index (χ2v) is 4.87. The lowest BCUT2D eigenvalue weighted by Crippen LogP contribution is -2.38. The minimum absolute atomic E-state index is 0.0381. The summed E-state index contributed by atoms with van der Waals surface area (Å²) in [6.45, 7) is 3.71. The number of carbonyl (C=O) groups excluding carboxylic acids is 2. The van der Waals surface area contributed by atoms with Gasteiger partial charge in [0.25, 0.3) is 0 Å². The molecule has 1 aromatic rings. The van der Waals surface area contributed by atoms with Crippen LogP contribution in [0.2, 0.25) is 0 Å². The molecule has 0 aromatic carbocycles. The second kappa shape index (κ2) is 7.64. The van der Waals surface area contributed by atoms with E-state index in [9.17, 15) is 9.59 Å². The number of carbonyl (C=O) groups is 2. The number of aromatic nitrogens is 1. The van der Waals surface area contributed by atoms with Crippen LogP contribution in [0, 0.1) is 6.92 Å². The summed E-state index contributed by atoms with van der Waals surface area (Å²) in [5, 5.41) is 6.21. The predicted octanol–water partition coefficient (Wildman–Crippen LogP) is 0.897. The fourth-order valence-corrected chi connectivity index (χ4v) is 1.76. The molecule has 0 aliphatic rings. The fraction of sp³-hybridized carbons (Fsp3) is 0.615. The highest BCUT2D eigenvalue weighted by molar-refractivity contribution is 5.93. The monoisotopic (exact) mass is 282 g/mol. The molecule has 0 aliphatic heterocycles. The van der Waals surface area contributed by atoms with Gasteiger partial charge in [-0.2, -0.15) is 0 Å². The normalized spacial score (nSPS) is 12.0. The van der Waals surface area contributed by atoms with Crippen LogP contribution in [-0.4, -0.2) is 41.5 Å². The Morgan fingerprint density at radius 1 is 1.55 bits per heavy atom. The van der Waals surface area contributed by atoms with Gasteiger partial charge in [0.15, 0.2) is 5.82 Å². The van der Waals surface area contributed by atoms with E-state index in [1.807, 2.05) is 6.92 Å². The molecule has 1 atom stereocenters. The molecule has 2 amide bonds. The topological polar surface area (TPSA) is 101 Å². The number of nitrogens with two attached hydrogens (primary N) is 1. The highest BCUT2D eigenvalue weighted by atomic mass is 16.5. The molecule has 112 valence electrons. The van der Waals surface area contributed by atoms with Gasteiger partial charge < -0.3 is 20.5 Å². The van der Waals surface area contributed by atoms with Gasteiger partial charge in [-0.1, -0.05) is 18.5 Å². The van der Waals surface area contributed by atoms with Gasteiger partial charge in [-0.3, -0.25) is 9.59 Å². The molecular formula is C13H22N4O3. The van der Waals surface area contributed by atoms with E-state index in [0.29, 0.717) is 11.6 Å². The molecule has 20 heavy (non-hydrogen) atoms. The third-order valence-corrected chi connectivity index (χ3v) is 2.80. The molecule has 1 unspecified atom stereocenters. The van der Waals surface area contributed by atoms with Crippen LogP contribution in [0.25, 0.3) is 0 Å². The summed E-state index contributed by atoms with van der Waals surface area (Å²) in [7, 11) is 1.58. The lowest BCUT2D eigenvalue weighted by molar-refractivity contribution is -0.133. The first-order chi connectivity index (χ1) is 9.42. The summed E-state index contributed by atoms with van der Waals surface area (Å²) in [5.41, 5.74) is 5.81. The number of hydrogen-bond donors (Lipinski definition) is 2. The minimum atomic E-state index is -0.321. The average molecular weight is 282 g/mol. The Labute approximate surface area is 118 Å². The maximum Gasteiger partial charge on any atom is 0.245 e. The molecule has 0 aliphatic carbocycles. The standard InChI is InChI=1S/C13H22N4O3/c1-4-5-10(14)7-13(19)17(3)8-12(18)15-11-6-9(2)20-16-11/h6,10H,4-5,7-8,14H2,1-3H3,(H,15,16,18). The first-order valence-electron chi connectivity index (χ1n) is 6.65. The number of hydrogen-bond acceptors (Lipinski definition) is 5. The highest BCUT2D eigenvalue weighted by Crippen LogP contribution is 2.07. The highest BCUT2D eigenvalue weighted by Gasteiger charge is 2.16. The Balaban J connectivity index is 2.38. The molecular weight excluding hydrogens is 260 g/mol. The maximum absolute atomic E-state index is 11.9. The number of nitrogens with zero attached hydrogens (tertiary/aromatic N) is 2. The van der Waals surface area contributed by atoms with E-state index in [1.54, 1.807) is 20.0 Å². The predicted molar refractivity (Wildman–Crippen MR) is 75.0 cm³/mol. The maximum atomic E-state index is 11.9. The number of likely N-dealkylation sites (N-methyl/N-ethyl adjacent to an activating group) is 1. The van der Waals surface area contributed by atoms with Crippen LogP contribution in [-0.2, 0) is 9.59 Å². The Hall–Kier alpha value is -1.89. The van der Waals surface area contributed by atoms with Crippen molar-refractivity contribution in [1.29, 1.82) is 0 Å². The van der Waals surface area contributed by atoms with E-state index in [1.165, 1.54) is 4.90 Å². The van der Waals surface area contributed by atoms with E-state index in [2.05, 4.69) is 10.5 Å². The zero-order valence-corrected chi connectivity index (χ0v) is 12.2. The van der Waals surface area contributed by atoms with Crippen molar-refractivity contribution in [3.8, 4) is 0 Å². The van der Waals surface area contributed by atoms with Crippen molar-refractivity contribution in [2.45, 2.75) is 39.2 Å². The molecule has 0 saturated carbocycles. The number of rotatable bonds is 7. The van der Waals surface area contributed by atoms with Crippen LogP contribution in [0.4, 0.5) is 5.82 Å². The molecule has 7 heteroatoms. The summed E-state index contributed by atoms with van der Waals surface area (Å²) < 4.78 is 4.84. The summed E-state index contributed by atoms with van der Waals surface area (Å²) in [4.78, 5) is 24.9. The van der Waals surface area contributed by atoms with E-state index >= 15 is 0 Å². The Kier molecular flexibility index (Phi) is 6.17. The summed E-state index contributed by atoms with van der Waals surface area (Å²) in [6, 6.07) is 1.45. The second-order valence-electron chi connectivity index (χ2n) is 4.87. The molecule has 1 aromatic heterocycles. The van der Waals surface area contributed by atoms with E-state index in [0.717, 1.165) is 12.8 Å². The van der Waals surface area contributed by atoms with Gasteiger partial charge in [-0.05, 0) is 13.3 Å². The zero-order chi connectivity index (χ0) is 15.1. The van der Waals surface area contributed by atoms with Crippen LogP contribution in [0.1, 0.15) is 31.9 Å². The van der Waals surface area contributed by atoms with Gasteiger partial charge in [0.2, 0.25) is 11.8 Å². The third kappa shape index (κ3) is 5.40. The summed E-state index contributed by atoms with van der Waals surface area (Å²) in [6.07, 6.45) is 1.98. The Bertz CT molecular complexity index is 458. The number of aryl methyl sites for hydroxylation is 1. The van der Waals surface area contributed by atoms with E-state index in [-0.39, 0.29) is 30.8 Å². The van der Waals surface area contributed by atoms with Crippen molar-refractivity contribution in [1.82, 2.24) is 10.1 Å². The number of amides is 2. The van der Waals surface area contributed by atoms with Gasteiger partial charge in [-0.15, -0.1) is 0 Å². The quantitative estimate of drug-likeness (QED) is 0.773. The largest absolute Gasteiger partial charge is 0.360 e. The molecule has 0 bridgehead atoms. The van der Waals surface area contributed by atoms with Crippen LogP contribution in [0.5, 0.6) is 0 Å². The number of anilines is 1. The van der Waals surface area contributed by atoms with Crippen molar-refractivity contribution in [2.24, 2.45) is 5.73 Å².